The summed E-state index contributed by atoms with van der Waals surface area (Å²) in [5, 5.41) is 10.3. The molecule has 1 atom stereocenters. The molecular weight excluding hydrogens is 274 g/mol. The Morgan fingerprint density at radius 3 is 2.48 bits per heavy atom. The zero-order valence-corrected chi connectivity index (χ0v) is 12.1. The molecule has 1 aromatic carbocycles. The highest BCUT2D eigenvalue weighted by molar-refractivity contribution is 5.78. The van der Waals surface area contributed by atoms with E-state index < -0.39 is 17.6 Å². The molecule has 1 aliphatic rings. The van der Waals surface area contributed by atoms with Gasteiger partial charge in [0, 0.05) is 26.1 Å². The number of ether oxygens (including phenoxy) is 3. The first kappa shape index (κ1) is 15.6. The van der Waals surface area contributed by atoms with Gasteiger partial charge in [-0.3, -0.25) is 4.79 Å². The van der Waals surface area contributed by atoms with Crippen molar-refractivity contribution in [1.29, 1.82) is 0 Å². The van der Waals surface area contributed by atoms with E-state index in [1.165, 1.54) is 0 Å². The number of aliphatic hydroxyl groups is 1. The molecule has 0 aliphatic carbocycles. The molecule has 6 nitrogen and oxygen atoms in total. The van der Waals surface area contributed by atoms with Crippen molar-refractivity contribution < 1.29 is 24.1 Å². The van der Waals surface area contributed by atoms with Gasteiger partial charge in [0.05, 0.1) is 0 Å². The van der Waals surface area contributed by atoms with Gasteiger partial charge in [0.25, 0.3) is 5.91 Å². The van der Waals surface area contributed by atoms with E-state index in [1.54, 1.807) is 31.2 Å². The maximum absolute atomic E-state index is 10.9. The molecule has 1 aliphatic heterocycles. The van der Waals surface area contributed by atoms with Crippen molar-refractivity contribution in [2.75, 3.05) is 19.8 Å². The summed E-state index contributed by atoms with van der Waals surface area (Å²) in [4.78, 5) is 10.9. The lowest BCUT2D eigenvalue weighted by atomic mass is 9.96. The largest absolute Gasteiger partial charge is 0.491 e. The minimum absolute atomic E-state index is 0.230. The Kier molecular flexibility index (Phi) is 5.03. The highest BCUT2D eigenvalue weighted by Gasteiger charge is 2.30. The predicted octanol–water partition coefficient (Wildman–Crippen LogP) is 0.859. The number of carbonyl (C=O) groups is 1. The van der Waals surface area contributed by atoms with Crippen molar-refractivity contribution >= 4 is 5.91 Å². The third-order valence-electron chi connectivity index (χ3n) is 3.47. The van der Waals surface area contributed by atoms with Gasteiger partial charge in [-0.25, -0.2) is 0 Å². The van der Waals surface area contributed by atoms with Crippen LogP contribution in [0.15, 0.2) is 24.3 Å². The summed E-state index contributed by atoms with van der Waals surface area (Å²) in [7, 11) is 0. The molecule has 1 aromatic rings. The van der Waals surface area contributed by atoms with E-state index in [0.717, 1.165) is 0 Å². The van der Waals surface area contributed by atoms with Crippen molar-refractivity contribution in [3.05, 3.63) is 24.3 Å². The first-order valence-corrected chi connectivity index (χ1v) is 6.97. The summed E-state index contributed by atoms with van der Waals surface area (Å²) in [5.41, 5.74) is 4.31. The van der Waals surface area contributed by atoms with Gasteiger partial charge in [-0.2, -0.15) is 0 Å². The van der Waals surface area contributed by atoms with Gasteiger partial charge in [-0.15, -0.1) is 0 Å². The van der Waals surface area contributed by atoms with Crippen LogP contribution in [0, 0.1) is 0 Å². The number of primary amides is 1. The van der Waals surface area contributed by atoms with Crippen molar-refractivity contribution in [3.8, 4) is 11.5 Å². The molecule has 1 fully saturated rings. The summed E-state index contributed by atoms with van der Waals surface area (Å²) >= 11 is 0. The number of benzene rings is 1. The fourth-order valence-corrected chi connectivity index (χ4v) is 1.99. The van der Waals surface area contributed by atoms with Crippen molar-refractivity contribution in [1.82, 2.24) is 0 Å². The van der Waals surface area contributed by atoms with Gasteiger partial charge >= 0.3 is 0 Å². The lowest BCUT2D eigenvalue weighted by molar-refractivity contribution is -0.123. The Hall–Kier alpha value is -1.79. The van der Waals surface area contributed by atoms with Gasteiger partial charge in [0.1, 0.15) is 23.7 Å². The van der Waals surface area contributed by atoms with Crippen LogP contribution in [-0.4, -0.2) is 42.5 Å². The second-order valence-corrected chi connectivity index (χ2v) is 5.26. The molecule has 3 N–H and O–H groups in total. The number of rotatable bonds is 6. The van der Waals surface area contributed by atoms with E-state index in [2.05, 4.69) is 0 Å². The molecule has 0 bridgehead atoms. The van der Waals surface area contributed by atoms with Crippen molar-refractivity contribution in [3.63, 3.8) is 0 Å². The molecule has 0 radical (unpaired) electrons. The zero-order valence-electron chi connectivity index (χ0n) is 12.1. The number of hydrogen-bond donors (Lipinski definition) is 2. The molecule has 0 spiro atoms. The molecule has 116 valence electrons. The van der Waals surface area contributed by atoms with E-state index >= 15 is 0 Å². The van der Waals surface area contributed by atoms with Crippen LogP contribution in [0.4, 0.5) is 0 Å². The van der Waals surface area contributed by atoms with E-state index in [-0.39, 0.29) is 6.61 Å². The smallest absolute Gasteiger partial charge is 0.258 e. The van der Waals surface area contributed by atoms with Crippen LogP contribution < -0.4 is 15.2 Å². The van der Waals surface area contributed by atoms with Gasteiger partial charge in [0.2, 0.25) is 0 Å². The summed E-state index contributed by atoms with van der Waals surface area (Å²) in [5.74, 6) is 0.657. The molecule has 2 rings (SSSR count). The SMILES string of the molecule is CC(Oc1ccc(OCC2(O)CCOCC2)cc1)C(N)=O. The lowest BCUT2D eigenvalue weighted by Crippen LogP contribution is -2.41. The zero-order chi connectivity index (χ0) is 15.3. The summed E-state index contributed by atoms with van der Waals surface area (Å²) < 4.78 is 16.2. The van der Waals surface area contributed by atoms with Crippen molar-refractivity contribution in [2.45, 2.75) is 31.5 Å². The average Bonchev–Trinajstić information content (AvgIpc) is 2.47. The van der Waals surface area contributed by atoms with E-state index in [1.807, 2.05) is 0 Å². The van der Waals surface area contributed by atoms with Crippen LogP contribution in [0.25, 0.3) is 0 Å². The van der Waals surface area contributed by atoms with E-state index in [0.29, 0.717) is 37.6 Å². The Labute approximate surface area is 123 Å². The standard InChI is InChI=1S/C15H21NO5/c1-11(14(16)17)21-13-4-2-12(3-5-13)20-10-15(18)6-8-19-9-7-15/h2-5,11,18H,6-10H2,1H3,(H2,16,17). The quantitative estimate of drug-likeness (QED) is 0.812. The van der Waals surface area contributed by atoms with Crippen LogP contribution in [0.2, 0.25) is 0 Å². The minimum Gasteiger partial charge on any atom is -0.491 e. The van der Waals surface area contributed by atoms with Crippen LogP contribution >= 0.6 is 0 Å². The van der Waals surface area contributed by atoms with Crippen LogP contribution in [0.5, 0.6) is 11.5 Å². The second kappa shape index (κ2) is 6.78. The summed E-state index contributed by atoms with van der Waals surface area (Å²) in [6.45, 7) is 2.93. The Bertz CT molecular complexity index is 467. The molecule has 1 amide bonds. The molecule has 6 heteroatoms. The molecule has 0 aromatic heterocycles. The van der Waals surface area contributed by atoms with Crippen LogP contribution in [-0.2, 0) is 9.53 Å². The minimum atomic E-state index is -0.825. The van der Waals surface area contributed by atoms with Crippen LogP contribution in [0.3, 0.4) is 0 Å². The topological polar surface area (TPSA) is 91.0 Å². The third-order valence-corrected chi connectivity index (χ3v) is 3.47. The first-order chi connectivity index (χ1) is 9.98. The molecular formula is C15H21NO5. The fraction of sp³-hybridized carbons (Fsp3) is 0.533. The number of nitrogens with two attached hydrogens (primary N) is 1. The Morgan fingerprint density at radius 1 is 1.33 bits per heavy atom. The number of amides is 1. The maximum Gasteiger partial charge on any atom is 0.258 e. The number of carbonyl (C=O) groups excluding carboxylic acids is 1. The molecule has 21 heavy (non-hydrogen) atoms. The molecule has 1 unspecified atom stereocenters. The van der Waals surface area contributed by atoms with Gasteiger partial charge in [0.15, 0.2) is 6.10 Å². The van der Waals surface area contributed by atoms with Gasteiger partial charge in [-0.05, 0) is 31.2 Å². The van der Waals surface area contributed by atoms with Crippen molar-refractivity contribution in [2.24, 2.45) is 5.73 Å². The first-order valence-electron chi connectivity index (χ1n) is 6.97. The highest BCUT2D eigenvalue weighted by Crippen LogP contribution is 2.24. The third kappa shape index (κ3) is 4.61. The predicted molar refractivity (Wildman–Crippen MR) is 76.2 cm³/mol. The number of hydrogen-bond acceptors (Lipinski definition) is 5. The highest BCUT2D eigenvalue weighted by atomic mass is 16.5. The second-order valence-electron chi connectivity index (χ2n) is 5.26. The monoisotopic (exact) mass is 295 g/mol. The Morgan fingerprint density at radius 2 is 1.90 bits per heavy atom. The average molecular weight is 295 g/mol. The van der Waals surface area contributed by atoms with E-state index in [4.69, 9.17) is 19.9 Å². The summed E-state index contributed by atoms with van der Waals surface area (Å²) in [6.07, 6.45) is 0.467. The maximum atomic E-state index is 10.9. The molecule has 1 saturated heterocycles. The molecule has 0 saturated carbocycles. The van der Waals surface area contributed by atoms with Crippen LogP contribution in [0.1, 0.15) is 19.8 Å². The van der Waals surface area contributed by atoms with E-state index in [9.17, 15) is 9.90 Å². The molecule has 1 heterocycles. The lowest BCUT2D eigenvalue weighted by Gasteiger charge is -2.31. The normalized spacial score (nSPS) is 18.8. The fourth-order valence-electron chi connectivity index (χ4n) is 1.99. The van der Waals surface area contributed by atoms with Gasteiger partial charge in [-0.1, -0.05) is 0 Å². The Balaban J connectivity index is 1.86. The summed E-state index contributed by atoms with van der Waals surface area (Å²) in [6, 6.07) is 6.85. The van der Waals surface area contributed by atoms with Gasteiger partial charge < -0.3 is 25.1 Å².